The molecule has 0 aliphatic heterocycles. The second-order valence-electron chi connectivity index (χ2n) is 10.7. The van der Waals surface area contributed by atoms with Gasteiger partial charge in [0.2, 0.25) is 0 Å². The molecule has 0 N–H and O–H groups in total. The van der Waals surface area contributed by atoms with Crippen LogP contribution in [0, 0.1) is 34.0 Å². The minimum atomic E-state index is 0.476. The van der Waals surface area contributed by atoms with Crippen molar-refractivity contribution in [3.05, 3.63) is 24.3 Å². The molecule has 3 rings (SSSR count). The maximum absolute atomic E-state index is 4.54. The molecule has 0 amide bonds. The van der Waals surface area contributed by atoms with Gasteiger partial charge in [0.05, 0.1) is 0 Å². The molecule has 0 spiro atoms. The molecule has 0 heterocycles. The molecule has 24 heavy (non-hydrogen) atoms. The Kier molecular flexibility index (Phi) is 4.59. The Labute approximate surface area is 151 Å². The van der Waals surface area contributed by atoms with Gasteiger partial charge in [-0.05, 0) is 92.3 Å². The molecule has 0 heteroatoms. The molecule has 0 radical (unpaired) electrons. The van der Waals surface area contributed by atoms with Crippen molar-refractivity contribution in [1.29, 1.82) is 0 Å². The molecule has 5 unspecified atom stereocenters. The molecular formula is C24H40. The quantitative estimate of drug-likeness (QED) is 0.469. The average Bonchev–Trinajstić information content (AvgIpc) is 2.44. The lowest BCUT2D eigenvalue weighted by atomic mass is 9.39. The maximum atomic E-state index is 4.54. The second-order valence-corrected chi connectivity index (χ2v) is 10.7. The third kappa shape index (κ3) is 2.73. The van der Waals surface area contributed by atoms with Crippen LogP contribution in [0.3, 0.4) is 0 Å². The molecule has 0 aromatic carbocycles. The summed E-state index contributed by atoms with van der Waals surface area (Å²) in [6, 6.07) is 0. The van der Waals surface area contributed by atoms with E-state index in [2.05, 4.69) is 47.8 Å². The van der Waals surface area contributed by atoms with Crippen molar-refractivity contribution in [3.8, 4) is 0 Å². The van der Waals surface area contributed by atoms with Gasteiger partial charge in [0, 0.05) is 0 Å². The predicted octanol–water partition coefficient (Wildman–Crippen LogP) is 7.56. The van der Waals surface area contributed by atoms with E-state index in [1.54, 1.807) is 5.57 Å². The summed E-state index contributed by atoms with van der Waals surface area (Å²) in [5.41, 5.74) is 4.45. The van der Waals surface area contributed by atoms with Gasteiger partial charge in [-0.1, -0.05) is 51.8 Å². The van der Waals surface area contributed by atoms with Crippen LogP contribution in [-0.2, 0) is 0 Å². The summed E-state index contributed by atoms with van der Waals surface area (Å²) >= 11 is 0. The summed E-state index contributed by atoms with van der Waals surface area (Å²) in [6.45, 7) is 21.3. The third-order valence-electron chi connectivity index (χ3n) is 8.74. The Morgan fingerprint density at radius 1 is 1.00 bits per heavy atom. The first-order valence-corrected chi connectivity index (χ1v) is 10.4. The Morgan fingerprint density at radius 2 is 1.71 bits per heavy atom. The second kappa shape index (κ2) is 6.03. The predicted molar refractivity (Wildman–Crippen MR) is 106 cm³/mol. The van der Waals surface area contributed by atoms with E-state index in [0.29, 0.717) is 16.2 Å². The zero-order chi connectivity index (χ0) is 17.8. The van der Waals surface area contributed by atoms with E-state index in [9.17, 15) is 0 Å². The summed E-state index contributed by atoms with van der Waals surface area (Å²) < 4.78 is 0. The smallest absolute Gasteiger partial charge is 0.0146 e. The van der Waals surface area contributed by atoms with Crippen LogP contribution in [0.15, 0.2) is 24.3 Å². The van der Waals surface area contributed by atoms with Crippen molar-refractivity contribution < 1.29 is 0 Å². The highest BCUT2D eigenvalue weighted by Gasteiger charge is 2.60. The number of allylic oxidation sites excluding steroid dienone is 2. The lowest BCUT2D eigenvalue weighted by Crippen LogP contribution is -2.58. The van der Waals surface area contributed by atoms with E-state index in [1.165, 1.54) is 63.4 Å². The third-order valence-corrected chi connectivity index (χ3v) is 8.74. The van der Waals surface area contributed by atoms with E-state index < -0.39 is 0 Å². The van der Waals surface area contributed by atoms with Gasteiger partial charge in [-0.15, -0.1) is 6.58 Å². The van der Waals surface area contributed by atoms with Gasteiger partial charge in [-0.2, -0.15) is 0 Å². The van der Waals surface area contributed by atoms with Crippen LogP contribution in [0.2, 0.25) is 0 Å². The Bertz CT molecular complexity index is 524. The summed E-state index contributed by atoms with van der Waals surface area (Å²) in [7, 11) is 0. The fraction of sp³-hybridized carbons (Fsp3) is 0.833. The topological polar surface area (TPSA) is 0 Å². The monoisotopic (exact) mass is 328 g/mol. The molecule has 3 aliphatic rings. The van der Waals surface area contributed by atoms with E-state index in [0.717, 1.165) is 17.8 Å². The van der Waals surface area contributed by atoms with Crippen molar-refractivity contribution >= 4 is 0 Å². The van der Waals surface area contributed by atoms with Crippen LogP contribution in [0.5, 0.6) is 0 Å². The molecule has 0 saturated heterocycles. The fourth-order valence-corrected chi connectivity index (χ4v) is 7.66. The Morgan fingerprint density at radius 3 is 2.38 bits per heavy atom. The van der Waals surface area contributed by atoms with Gasteiger partial charge in [0.1, 0.15) is 0 Å². The van der Waals surface area contributed by atoms with Crippen LogP contribution in [0.25, 0.3) is 0 Å². The first-order valence-electron chi connectivity index (χ1n) is 10.4. The molecule has 0 aromatic heterocycles. The number of hydrogen-bond donors (Lipinski definition) is 0. The van der Waals surface area contributed by atoms with Crippen molar-refractivity contribution in [2.75, 3.05) is 0 Å². The molecule has 3 fully saturated rings. The fourth-order valence-electron chi connectivity index (χ4n) is 7.66. The zero-order valence-corrected chi connectivity index (χ0v) is 17.0. The first kappa shape index (κ1) is 18.3. The van der Waals surface area contributed by atoms with Crippen molar-refractivity contribution in [2.24, 2.45) is 34.0 Å². The summed E-state index contributed by atoms with van der Waals surface area (Å²) in [6.07, 6.45) is 12.3. The Balaban J connectivity index is 1.93. The number of fused-ring (bicyclic) bond motifs is 3. The molecule has 5 atom stereocenters. The molecule has 0 nitrogen and oxygen atoms in total. The normalized spacial score (nSPS) is 44.5. The average molecular weight is 329 g/mol. The highest BCUT2D eigenvalue weighted by molar-refractivity contribution is 5.19. The van der Waals surface area contributed by atoms with E-state index in [1.807, 2.05) is 0 Å². The van der Waals surface area contributed by atoms with Crippen molar-refractivity contribution in [2.45, 2.75) is 92.4 Å². The van der Waals surface area contributed by atoms with Gasteiger partial charge >= 0.3 is 0 Å². The van der Waals surface area contributed by atoms with Crippen LogP contribution in [0.1, 0.15) is 92.4 Å². The summed E-state index contributed by atoms with van der Waals surface area (Å²) in [4.78, 5) is 0. The van der Waals surface area contributed by atoms with E-state index in [-0.39, 0.29) is 0 Å². The number of rotatable bonds is 3. The van der Waals surface area contributed by atoms with Gasteiger partial charge < -0.3 is 0 Å². The standard InChI is InChI=1S/C24H40/c1-17(2)9-11-19-18(3)10-12-21-23(19,6)16-13-20-22(4,5)14-8-15-24(20,21)7/h19-21H,1,3,8-16H2,2,4-7H3. The molecular weight excluding hydrogens is 288 g/mol. The van der Waals surface area contributed by atoms with Crippen LogP contribution in [-0.4, -0.2) is 0 Å². The maximum Gasteiger partial charge on any atom is -0.0146 e. The molecule has 3 saturated carbocycles. The van der Waals surface area contributed by atoms with Crippen molar-refractivity contribution in [1.82, 2.24) is 0 Å². The van der Waals surface area contributed by atoms with Crippen LogP contribution >= 0.6 is 0 Å². The lowest BCUT2D eigenvalue weighted by Gasteiger charge is -2.66. The molecule has 136 valence electrons. The Hall–Kier alpha value is -0.520. The van der Waals surface area contributed by atoms with Gasteiger partial charge in [-0.3, -0.25) is 0 Å². The van der Waals surface area contributed by atoms with E-state index >= 15 is 0 Å². The molecule has 3 aliphatic carbocycles. The summed E-state index contributed by atoms with van der Waals surface area (Å²) in [5, 5.41) is 0. The highest BCUT2D eigenvalue weighted by Crippen LogP contribution is 2.69. The first-order chi connectivity index (χ1) is 11.1. The SMILES string of the molecule is C=C(C)CCC1C(=C)CCC2C1(C)CCC1C(C)(C)CCCC12C. The zero-order valence-electron chi connectivity index (χ0n) is 17.0. The van der Waals surface area contributed by atoms with Crippen molar-refractivity contribution in [3.63, 3.8) is 0 Å². The minimum absolute atomic E-state index is 0.476. The van der Waals surface area contributed by atoms with Gasteiger partial charge in [-0.25, -0.2) is 0 Å². The van der Waals surface area contributed by atoms with E-state index in [4.69, 9.17) is 0 Å². The molecule has 0 bridgehead atoms. The van der Waals surface area contributed by atoms with Gasteiger partial charge in [0.15, 0.2) is 0 Å². The van der Waals surface area contributed by atoms with Crippen LogP contribution < -0.4 is 0 Å². The molecule has 0 aromatic rings. The highest BCUT2D eigenvalue weighted by atomic mass is 14.6. The number of hydrogen-bond acceptors (Lipinski definition) is 0. The minimum Gasteiger partial charge on any atom is -0.100 e. The largest absolute Gasteiger partial charge is 0.100 e. The van der Waals surface area contributed by atoms with Gasteiger partial charge in [0.25, 0.3) is 0 Å². The summed E-state index contributed by atoms with van der Waals surface area (Å²) in [5.74, 6) is 2.53. The van der Waals surface area contributed by atoms with Crippen LogP contribution in [0.4, 0.5) is 0 Å². The lowest BCUT2D eigenvalue weighted by molar-refractivity contribution is -0.153.